The number of ether oxygens (including phenoxy) is 1. The topological polar surface area (TPSA) is 29.5 Å². The molecule has 0 radical (unpaired) electrons. The highest BCUT2D eigenvalue weighted by molar-refractivity contribution is 6.31. The van der Waals surface area contributed by atoms with Crippen LogP contribution in [0, 0.1) is 11.8 Å². The van der Waals surface area contributed by atoms with Crippen molar-refractivity contribution in [3.8, 4) is 5.75 Å². The van der Waals surface area contributed by atoms with Crippen molar-refractivity contribution in [1.29, 1.82) is 0 Å². The monoisotopic (exact) mass is 323 g/mol. The molecule has 0 N–H and O–H groups in total. The maximum Gasteiger partial charge on any atom is 0.180 e. The van der Waals surface area contributed by atoms with E-state index in [0.717, 1.165) is 13.1 Å². The minimum absolute atomic E-state index is 0.0929. The van der Waals surface area contributed by atoms with E-state index in [0.29, 0.717) is 41.3 Å². The van der Waals surface area contributed by atoms with Crippen LogP contribution in [0.2, 0.25) is 5.02 Å². The number of nitrogens with zero attached hydrogens (tertiary/aromatic N) is 1. The highest BCUT2D eigenvalue weighted by Gasteiger charge is 2.21. The van der Waals surface area contributed by atoms with Gasteiger partial charge < -0.3 is 4.74 Å². The number of carbonyl (C=O) groups is 1. The van der Waals surface area contributed by atoms with Crippen LogP contribution in [0.4, 0.5) is 0 Å². The first kappa shape index (κ1) is 17.3. The van der Waals surface area contributed by atoms with E-state index < -0.39 is 0 Å². The number of hydrogen-bond acceptors (Lipinski definition) is 3. The standard InChI is InChI=1S/C18H26ClNO2/c1-13(2)12-22-18-7-6-15(19)9-16(18)17(21)11-20-8-4-5-14(3)10-20/h6-7,9,13-14H,4-5,8,10-12H2,1-3H3. The van der Waals surface area contributed by atoms with Gasteiger partial charge in [-0.05, 0) is 49.4 Å². The molecule has 1 heterocycles. The van der Waals surface area contributed by atoms with Crippen LogP contribution in [0.3, 0.4) is 0 Å². The summed E-state index contributed by atoms with van der Waals surface area (Å²) in [5.74, 6) is 1.82. The molecule has 4 heteroatoms. The summed E-state index contributed by atoms with van der Waals surface area (Å²) in [7, 11) is 0. The van der Waals surface area contributed by atoms with Crippen molar-refractivity contribution in [3.63, 3.8) is 0 Å². The van der Waals surface area contributed by atoms with Crippen LogP contribution < -0.4 is 4.74 Å². The smallest absolute Gasteiger partial charge is 0.180 e. The predicted octanol–water partition coefficient (Wildman–Crippen LogP) is 4.29. The van der Waals surface area contributed by atoms with Gasteiger partial charge in [-0.25, -0.2) is 0 Å². The number of carbonyl (C=O) groups excluding carboxylic acids is 1. The average molecular weight is 324 g/mol. The second-order valence-electron chi connectivity index (χ2n) is 6.75. The number of piperidine rings is 1. The number of likely N-dealkylation sites (tertiary alicyclic amines) is 1. The average Bonchev–Trinajstić information content (AvgIpc) is 2.45. The summed E-state index contributed by atoms with van der Waals surface area (Å²) < 4.78 is 5.79. The fourth-order valence-electron chi connectivity index (χ4n) is 2.82. The Morgan fingerprint density at radius 1 is 1.45 bits per heavy atom. The third kappa shape index (κ3) is 4.99. The van der Waals surface area contributed by atoms with Gasteiger partial charge in [-0.1, -0.05) is 32.4 Å². The molecule has 0 aromatic heterocycles. The minimum Gasteiger partial charge on any atom is -0.493 e. The Kier molecular flexibility index (Phi) is 6.27. The highest BCUT2D eigenvalue weighted by Crippen LogP contribution is 2.25. The molecule has 1 saturated heterocycles. The van der Waals surface area contributed by atoms with Gasteiger partial charge >= 0.3 is 0 Å². The molecule has 1 atom stereocenters. The van der Waals surface area contributed by atoms with Crippen molar-refractivity contribution in [2.75, 3.05) is 26.2 Å². The van der Waals surface area contributed by atoms with Gasteiger partial charge in [0.05, 0.1) is 18.7 Å². The van der Waals surface area contributed by atoms with Crippen LogP contribution in [0.1, 0.15) is 44.0 Å². The molecule has 22 heavy (non-hydrogen) atoms. The molecule has 1 aromatic rings. The summed E-state index contributed by atoms with van der Waals surface area (Å²) in [5, 5.41) is 0.576. The fraction of sp³-hybridized carbons (Fsp3) is 0.611. The van der Waals surface area contributed by atoms with Crippen LogP contribution in [-0.2, 0) is 0 Å². The van der Waals surface area contributed by atoms with Gasteiger partial charge in [0.15, 0.2) is 5.78 Å². The normalized spacial score (nSPS) is 19.4. The van der Waals surface area contributed by atoms with Crippen molar-refractivity contribution in [1.82, 2.24) is 4.90 Å². The van der Waals surface area contributed by atoms with E-state index in [9.17, 15) is 4.79 Å². The number of rotatable bonds is 6. The summed E-state index contributed by atoms with van der Waals surface area (Å²) in [5.41, 5.74) is 0.603. The lowest BCUT2D eigenvalue weighted by molar-refractivity contribution is 0.0888. The second-order valence-corrected chi connectivity index (χ2v) is 7.19. The fourth-order valence-corrected chi connectivity index (χ4v) is 2.99. The lowest BCUT2D eigenvalue weighted by Gasteiger charge is -2.30. The zero-order valence-corrected chi connectivity index (χ0v) is 14.5. The summed E-state index contributed by atoms with van der Waals surface area (Å²) >= 11 is 6.07. The molecule has 0 aliphatic carbocycles. The Balaban J connectivity index is 2.08. The molecule has 1 fully saturated rings. The first-order chi connectivity index (χ1) is 10.5. The van der Waals surface area contributed by atoms with E-state index in [-0.39, 0.29) is 5.78 Å². The molecule has 1 aliphatic rings. The van der Waals surface area contributed by atoms with E-state index in [1.165, 1.54) is 12.8 Å². The molecular weight excluding hydrogens is 298 g/mol. The summed E-state index contributed by atoms with van der Waals surface area (Å²) in [4.78, 5) is 14.9. The van der Waals surface area contributed by atoms with Crippen molar-refractivity contribution in [2.45, 2.75) is 33.6 Å². The van der Waals surface area contributed by atoms with Crippen LogP contribution in [0.5, 0.6) is 5.75 Å². The lowest BCUT2D eigenvalue weighted by Crippen LogP contribution is -2.38. The van der Waals surface area contributed by atoms with Gasteiger partial charge in [0.1, 0.15) is 5.75 Å². The molecule has 1 aliphatic heterocycles. The van der Waals surface area contributed by atoms with Gasteiger partial charge in [0.2, 0.25) is 0 Å². The zero-order chi connectivity index (χ0) is 16.1. The van der Waals surface area contributed by atoms with Crippen molar-refractivity contribution < 1.29 is 9.53 Å². The third-order valence-corrected chi connectivity index (χ3v) is 4.16. The van der Waals surface area contributed by atoms with Gasteiger partial charge in [0, 0.05) is 11.6 Å². The van der Waals surface area contributed by atoms with Gasteiger partial charge in [-0.3, -0.25) is 9.69 Å². The Morgan fingerprint density at radius 2 is 2.23 bits per heavy atom. The molecule has 0 saturated carbocycles. The minimum atomic E-state index is 0.0929. The number of Topliss-reactive ketones (excluding diaryl/α,β-unsaturated/α-hetero) is 1. The van der Waals surface area contributed by atoms with E-state index in [2.05, 4.69) is 25.7 Å². The molecule has 2 rings (SSSR count). The summed E-state index contributed by atoms with van der Waals surface area (Å²) in [6, 6.07) is 5.31. The Bertz CT molecular complexity index is 516. The third-order valence-electron chi connectivity index (χ3n) is 3.92. The maximum absolute atomic E-state index is 12.7. The number of hydrogen-bond donors (Lipinski definition) is 0. The maximum atomic E-state index is 12.7. The Hall–Kier alpha value is -1.06. The number of ketones is 1. The van der Waals surface area contributed by atoms with Gasteiger partial charge in [0.25, 0.3) is 0 Å². The Morgan fingerprint density at radius 3 is 2.91 bits per heavy atom. The second kappa shape index (κ2) is 7.98. The van der Waals surface area contributed by atoms with Gasteiger partial charge in [-0.15, -0.1) is 0 Å². The highest BCUT2D eigenvalue weighted by atomic mass is 35.5. The summed E-state index contributed by atoms with van der Waals surface area (Å²) in [6.07, 6.45) is 2.42. The zero-order valence-electron chi connectivity index (χ0n) is 13.8. The largest absolute Gasteiger partial charge is 0.493 e. The number of halogens is 1. The molecule has 0 amide bonds. The van der Waals surface area contributed by atoms with Crippen molar-refractivity contribution in [2.24, 2.45) is 11.8 Å². The molecule has 1 aromatic carbocycles. The van der Waals surface area contributed by atoms with E-state index in [1.54, 1.807) is 18.2 Å². The SMILES string of the molecule is CC(C)COc1ccc(Cl)cc1C(=O)CN1CCCC(C)C1. The first-order valence-electron chi connectivity index (χ1n) is 8.13. The molecule has 1 unspecified atom stereocenters. The molecule has 122 valence electrons. The predicted molar refractivity (Wildman–Crippen MR) is 91.0 cm³/mol. The van der Waals surface area contributed by atoms with Crippen LogP contribution in [0.15, 0.2) is 18.2 Å². The van der Waals surface area contributed by atoms with Crippen molar-refractivity contribution in [3.05, 3.63) is 28.8 Å². The molecule has 0 bridgehead atoms. The van der Waals surface area contributed by atoms with E-state index >= 15 is 0 Å². The molecule has 3 nitrogen and oxygen atoms in total. The Labute approximate surface area is 138 Å². The van der Waals surface area contributed by atoms with Crippen LogP contribution in [0.25, 0.3) is 0 Å². The first-order valence-corrected chi connectivity index (χ1v) is 8.51. The van der Waals surface area contributed by atoms with Crippen LogP contribution >= 0.6 is 11.6 Å². The molecule has 0 spiro atoms. The number of benzene rings is 1. The quantitative estimate of drug-likeness (QED) is 0.731. The summed E-state index contributed by atoms with van der Waals surface area (Å²) in [6.45, 7) is 9.46. The lowest BCUT2D eigenvalue weighted by atomic mass is 9.99. The van der Waals surface area contributed by atoms with Gasteiger partial charge in [-0.2, -0.15) is 0 Å². The van der Waals surface area contributed by atoms with E-state index in [1.807, 2.05) is 0 Å². The van der Waals surface area contributed by atoms with E-state index in [4.69, 9.17) is 16.3 Å². The molecular formula is C18H26ClNO2. The van der Waals surface area contributed by atoms with Crippen LogP contribution in [-0.4, -0.2) is 36.9 Å². The van der Waals surface area contributed by atoms with Crippen molar-refractivity contribution >= 4 is 17.4 Å².